The third-order valence-corrected chi connectivity index (χ3v) is 2.77. The number of rotatable bonds is 3. The molecule has 21 heavy (non-hydrogen) atoms. The van der Waals surface area contributed by atoms with E-state index in [-0.39, 0.29) is 17.8 Å². The van der Waals surface area contributed by atoms with Gasteiger partial charge in [0.2, 0.25) is 0 Å². The summed E-state index contributed by atoms with van der Waals surface area (Å²) in [4.78, 5) is 11.1. The Balaban J connectivity index is 2.34. The first-order chi connectivity index (χ1) is 9.79. The molecule has 0 unspecified atom stereocenters. The van der Waals surface area contributed by atoms with Crippen molar-refractivity contribution >= 4 is 11.7 Å². The molecule has 0 bridgehead atoms. The van der Waals surface area contributed by atoms with Crippen LogP contribution in [0.2, 0.25) is 0 Å². The molecule has 0 amide bonds. The van der Waals surface area contributed by atoms with Crippen LogP contribution in [0.15, 0.2) is 30.6 Å². The van der Waals surface area contributed by atoms with E-state index in [2.05, 4.69) is 9.84 Å². The van der Waals surface area contributed by atoms with Gasteiger partial charge in [0, 0.05) is 17.4 Å². The lowest BCUT2D eigenvalue weighted by atomic mass is 10.0. The fourth-order valence-electron chi connectivity index (χ4n) is 1.78. The fraction of sp³-hybridized carbons (Fsp3) is 0.231. The average Bonchev–Trinajstić information content (AvgIpc) is 2.85. The Hall–Kier alpha value is -2.51. The monoisotopic (exact) mass is 299 g/mol. The van der Waals surface area contributed by atoms with Crippen LogP contribution in [0, 0.1) is 0 Å². The van der Waals surface area contributed by atoms with Gasteiger partial charge in [0.05, 0.1) is 18.9 Å². The van der Waals surface area contributed by atoms with Crippen molar-refractivity contribution in [1.82, 2.24) is 9.78 Å². The normalized spacial score (nSPS) is 11.4. The molecule has 5 nitrogen and oxygen atoms in total. The number of aromatic nitrogens is 2. The molecule has 2 rings (SSSR count). The van der Waals surface area contributed by atoms with Gasteiger partial charge in [-0.3, -0.25) is 9.48 Å². The second kappa shape index (κ2) is 5.47. The van der Waals surface area contributed by atoms with Gasteiger partial charge in [-0.25, -0.2) is 0 Å². The van der Waals surface area contributed by atoms with Crippen molar-refractivity contribution in [1.29, 1.82) is 0 Å². The number of benzene rings is 1. The largest absolute Gasteiger partial charge is 0.468 e. The molecule has 1 heterocycles. The molecule has 0 spiro atoms. The number of halogens is 3. The van der Waals surface area contributed by atoms with Crippen LogP contribution >= 0.6 is 0 Å². The molecule has 8 heteroatoms. The summed E-state index contributed by atoms with van der Waals surface area (Å²) in [5.74, 6) is -0.506. The van der Waals surface area contributed by atoms with Crippen molar-refractivity contribution in [3.63, 3.8) is 0 Å². The number of carbonyl (C=O) groups is 1. The standard InChI is InChI=1S/C13H12F3N3O2/c1-21-12(20)7-19-6-9(5-18-19)8-2-10(13(14,15)16)4-11(17)3-8/h2-6H,7,17H2,1H3. The Bertz CT molecular complexity index is 665. The molecule has 112 valence electrons. The summed E-state index contributed by atoms with van der Waals surface area (Å²) < 4.78 is 44.0. The smallest absolute Gasteiger partial charge is 0.416 e. The Labute approximate surface area is 118 Å². The van der Waals surface area contributed by atoms with E-state index in [4.69, 9.17) is 5.73 Å². The lowest BCUT2D eigenvalue weighted by Gasteiger charge is -2.09. The van der Waals surface area contributed by atoms with Crippen LogP contribution in [0.3, 0.4) is 0 Å². The Morgan fingerprint density at radius 2 is 2.05 bits per heavy atom. The molecule has 0 saturated carbocycles. The van der Waals surface area contributed by atoms with Gasteiger partial charge in [-0.2, -0.15) is 18.3 Å². The topological polar surface area (TPSA) is 70.1 Å². The molecule has 0 atom stereocenters. The van der Waals surface area contributed by atoms with E-state index in [0.29, 0.717) is 5.56 Å². The van der Waals surface area contributed by atoms with Crippen LogP contribution in [0.5, 0.6) is 0 Å². The predicted molar refractivity (Wildman–Crippen MR) is 69.1 cm³/mol. The summed E-state index contributed by atoms with van der Waals surface area (Å²) in [7, 11) is 1.24. The van der Waals surface area contributed by atoms with E-state index in [0.717, 1.165) is 12.1 Å². The van der Waals surface area contributed by atoms with Gasteiger partial charge < -0.3 is 10.5 Å². The Kier molecular flexibility index (Phi) is 3.88. The van der Waals surface area contributed by atoms with E-state index < -0.39 is 17.7 Å². The van der Waals surface area contributed by atoms with Crippen LogP contribution in [0.1, 0.15) is 5.56 Å². The molecule has 1 aromatic heterocycles. The highest BCUT2D eigenvalue weighted by Gasteiger charge is 2.31. The highest BCUT2D eigenvalue weighted by atomic mass is 19.4. The molecular weight excluding hydrogens is 287 g/mol. The molecule has 0 saturated heterocycles. The summed E-state index contributed by atoms with van der Waals surface area (Å²) in [5, 5.41) is 3.90. The zero-order valence-corrected chi connectivity index (χ0v) is 11.0. The lowest BCUT2D eigenvalue weighted by Crippen LogP contribution is -2.11. The van der Waals surface area contributed by atoms with Crippen molar-refractivity contribution < 1.29 is 22.7 Å². The number of nitrogens with two attached hydrogens (primary N) is 1. The number of esters is 1. The van der Waals surface area contributed by atoms with Gasteiger partial charge in [0.25, 0.3) is 0 Å². The zero-order valence-electron chi connectivity index (χ0n) is 11.0. The van der Waals surface area contributed by atoms with Gasteiger partial charge in [0.15, 0.2) is 0 Å². The summed E-state index contributed by atoms with van der Waals surface area (Å²) in [5.41, 5.74) is 5.37. The molecule has 1 aromatic carbocycles. The molecule has 0 aliphatic heterocycles. The van der Waals surface area contributed by atoms with E-state index in [1.165, 1.54) is 30.3 Å². The first kappa shape index (κ1) is 14.9. The average molecular weight is 299 g/mol. The van der Waals surface area contributed by atoms with E-state index in [1.54, 1.807) is 0 Å². The van der Waals surface area contributed by atoms with Gasteiger partial charge in [-0.05, 0) is 23.8 Å². The number of ether oxygens (including phenoxy) is 1. The number of anilines is 1. The maximum Gasteiger partial charge on any atom is 0.416 e. The molecule has 0 aliphatic carbocycles. The van der Waals surface area contributed by atoms with E-state index >= 15 is 0 Å². The van der Waals surface area contributed by atoms with Crippen molar-refractivity contribution in [2.45, 2.75) is 12.7 Å². The summed E-state index contributed by atoms with van der Waals surface area (Å²) in [6, 6.07) is 3.26. The van der Waals surface area contributed by atoms with Crippen LogP contribution in [-0.4, -0.2) is 22.9 Å². The minimum Gasteiger partial charge on any atom is -0.468 e. The van der Waals surface area contributed by atoms with Crippen LogP contribution < -0.4 is 5.73 Å². The maximum absolute atomic E-state index is 12.7. The Morgan fingerprint density at radius 3 is 2.67 bits per heavy atom. The minimum absolute atomic E-state index is 0.000503. The van der Waals surface area contributed by atoms with Gasteiger partial charge >= 0.3 is 12.1 Å². The van der Waals surface area contributed by atoms with E-state index in [9.17, 15) is 18.0 Å². The number of alkyl halides is 3. The molecule has 0 radical (unpaired) electrons. The Morgan fingerprint density at radius 1 is 1.33 bits per heavy atom. The van der Waals surface area contributed by atoms with Gasteiger partial charge in [-0.15, -0.1) is 0 Å². The number of methoxy groups -OCH3 is 1. The molecule has 2 aromatic rings. The van der Waals surface area contributed by atoms with Gasteiger partial charge in [0.1, 0.15) is 6.54 Å². The van der Waals surface area contributed by atoms with Crippen molar-refractivity contribution in [3.8, 4) is 11.1 Å². The molecule has 2 N–H and O–H groups in total. The molecule has 0 fully saturated rings. The first-order valence-electron chi connectivity index (χ1n) is 5.87. The van der Waals surface area contributed by atoms with Crippen LogP contribution in [0.4, 0.5) is 18.9 Å². The number of carbonyl (C=O) groups excluding carboxylic acids is 1. The molecule has 0 aliphatic rings. The van der Waals surface area contributed by atoms with Crippen molar-refractivity contribution in [2.24, 2.45) is 0 Å². The quantitative estimate of drug-likeness (QED) is 0.697. The first-order valence-corrected chi connectivity index (χ1v) is 5.87. The SMILES string of the molecule is COC(=O)Cn1cc(-c2cc(N)cc(C(F)(F)F)c2)cn1. The number of hydrogen-bond acceptors (Lipinski definition) is 4. The maximum atomic E-state index is 12.7. The minimum atomic E-state index is -4.48. The summed E-state index contributed by atoms with van der Waals surface area (Å²) in [6.45, 7) is -0.120. The predicted octanol–water partition coefficient (Wildman–Crippen LogP) is 2.32. The molecular formula is C13H12F3N3O2. The lowest BCUT2D eigenvalue weighted by molar-refractivity contribution is -0.141. The third kappa shape index (κ3) is 3.53. The van der Waals surface area contributed by atoms with Crippen molar-refractivity contribution in [3.05, 3.63) is 36.2 Å². The summed E-state index contributed by atoms with van der Waals surface area (Å²) in [6.07, 6.45) is -1.67. The second-order valence-corrected chi connectivity index (χ2v) is 4.34. The zero-order chi connectivity index (χ0) is 15.6. The van der Waals surface area contributed by atoms with E-state index in [1.807, 2.05) is 0 Å². The van der Waals surface area contributed by atoms with Crippen LogP contribution in [0.25, 0.3) is 11.1 Å². The highest BCUT2D eigenvalue weighted by Crippen LogP contribution is 2.34. The van der Waals surface area contributed by atoms with Crippen molar-refractivity contribution in [2.75, 3.05) is 12.8 Å². The highest BCUT2D eigenvalue weighted by molar-refractivity contribution is 5.70. The summed E-state index contributed by atoms with van der Waals surface area (Å²) >= 11 is 0. The number of hydrogen-bond donors (Lipinski definition) is 1. The van der Waals surface area contributed by atoms with Gasteiger partial charge in [-0.1, -0.05) is 0 Å². The third-order valence-electron chi connectivity index (χ3n) is 2.77. The fourth-order valence-corrected chi connectivity index (χ4v) is 1.78. The van der Waals surface area contributed by atoms with Crippen LogP contribution in [-0.2, 0) is 22.3 Å². The second-order valence-electron chi connectivity index (χ2n) is 4.34. The number of nitrogen functional groups attached to an aromatic ring is 1. The number of nitrogens with zero attached hydrogens (tertiary/aromatic N) is 2.